The van der Waals surface area contributed by atoms with E-state index < -0.39 is 45.4 Å². The van der Waals surface area contributed by atoms with Crippen LogP contribution in [-0.4, -0.2) is 26.5 Å². The lowest BCUT2D eigenvalue weighted by Crippen LogP contribution is -2.54. The smallest absolute Gasteiger partial charge is 0.364 e. The van der Waals surface area contributed by atoms with Gasteiger partial charge in [-0.1, -0.05) is 18.2 Å². The Balaban J connectivity index is 3.39. The van der Waals surface area contributed by atoms with Gasteiger partial charge in [0.25, 0.3) is 0 Å². The Kier molecular flexibility index (Phi) is 6.49. The molecule has 1 aromatic rings. The second kappa shape index (κ2) is 7.58. The number of nitrogens with one attached hydrogen (secondary N) is 1. The van der Waals surface area contributed by atoms with E-state index >= 15 is 0 Å². The van der Waals surface area contributed by atoms with Crippen molar-refractivity contribution < 1.29 is 27.6 Å². The summed E-state index contributed by atoms with van der Waals surface area (Å²) in [5, 5.41) is 8.57. The van der Waals surface area contributed by atoms with Gasteiger partial charge in [0.15, 0.2) is 0 Å². The van der Waals surface area contributed by atoms with Gasteiger partial charge in [0.2, 0.25) is 5.83 Å². The van der Waals surface area contributed by atoms with Crippen LogP contribution >= 0.6 is 0 Å². The Labute approximate surface area is 142 Å². The number of rotatable bonds is 6. The van der Waals surface area contributed by atoms with Gasteiger partial charge in [-0.15, -0.1) is 4.72 Å². The van der Waals surface area contributed by atoms with Crippen LogP contribution in [0.5, 0.6) is 0 Å². The summed E-state index contributed by atoms with van der Waals surface area (Å²) in [5.74, 6) is -4.44. The van der Waals surface area contributed by atoms with Crippen molar-refractivity contribution in [3.8, 4) is 0 Å². The molecule has 0 saturated carbocycles. The predicted octanol–water partition coefficient (Wildman–Crippen LogP) is 3.37. The highest BCUT2D eigenvalue weighted by Gasteiger charge is 2.44. The van der Waals surface area contributed by atoms with Crippen LogP contribution in [0.4, 0.5) is 13.2 Å². The topological polar surface area (TPSA) is 72.4 Å². The van der Waals surface area contributed by atoms with Gasteiger partial charge in [0.1, 0.15) is 22.3 Å². The molecule has 0 amide bonds. The van der Waals surface area contributed by atoms with E-state index in [0.717, 1.165) is 6.07 Å². The number of hydrogen-bond donors (Lipinski definition) is 2. The van der Waals surface area contributed by atoms with Gasteiger partial charge >= 0.3 is 5.97 Å². The Morgan fingerprint density at radius 3 is 2.33 bits per heavy atom. The van der Waals surface area contributed by atoms with Crippen LogP contribution in [-0.2, 0) is 21.7 Å². The van der Waals surface area contributed by atoms with E-state index in [4.69, 9.17) is 5.11 Å². The molecule has 8 heteroatoms. The zero-order valence-electron chi connectivity index (χ0n) is 13.8. The van der Waals surface area contributed by atoms with Crippen molar-refractivity contribution >= 4 is 17.3 Å². The van der Waals surface area contributed by atoms with Crippen molar-refractivity contribution in [1.82, 2.24) is 4.72 Å². The van der Waals surface area contributed by atoms with Crippen LogP contribution < -0.4 is 4.72 Å². The van der Waals surface area contributed by atoms with E-state index in [-0.39, 0.29) is 11.6 Å². The van der Waals surface area contributed by atoms with E-state index in [1.807, 2.05) is 0 Å². The Bertz CT molecular complexity index is 633. The summed E-state index contributed by atoms with van der Waals surface area (Å²) in [6, 6.07) is 5.18. The van der Waals surface area contributed by atoms with Gasteiger partial charge in [-0.2, -0.15) is 4.39 Å². The van der Waals surface area contributed by atoms with Gasteiger partial charge < -0.3 is 9.66 Å². The normalized spacial score (nSPS) is 17.9. The molecular weight excluding hydrogens is 343 g/mol. The second-order valence-electron chi connectivity index (χ2n) is 6.39. The largest absolute Gasteiger partial charge is 0.598 e. The number of halogens is 3. The van der Waals surface area contributed by atoms with Crippen molar-refractivity contribution in [2.24, 2.45) is 0 Å². The number of carbonyl (C=O) groups is 1. The summed E-state index contributed by atoms with van der Waals surface area (Å²) in [7, 11) is 0. The summed E-state index contributed by atoms with van der Waals surface area (Å²) in [4.78, 5) is 10.6. The van der Waals surface area contributed by atoms with Crippen LogP contribution in [0.3, 0.4) is 0 Å². The SMILES string of the molecule is CC(N[S@+]([O-])C(C)(C)C)(c1ccccc1F)C(F)C=C(F)C(=O)O. The van der Waals surface area contributed by atoms with Crippen LogP contribution in [0.15, 0.2) is 36.2 Å². The first kappa shape index (κ1) is 20.5. The first-order valence-corrected chi connectivity index (χ1v) is 8.24. The maximum absolute atomic E-state index is 14.7. The molecular formula is C16H20F3NO3S. The summed E-state index contributed by atoms with van der Waals surface area (Å²) in [5.41, 5.74) is -2.12. The molecule has 0 radical (unpaired) electrons. The van der Waals surface area contributed by atoms with Gasteiger partial charge in [-0.3, -0.25) is 0 Å². The van der Waals surface area contributed by atoms with Crippen molar-refractivity contribution in [2.75, 3.05) is 0 Å². The summed E-state index contributed by atoms with van der Waals surface area (Å²) >= 11 is -1.82. The number of carboxylic acid groups (broad SMARTS) is 1. The number of benzene rings is 1. The van der Waals surface area contributed by atoms with Gasteiger partial charge in [0, 0.05) is 16.9 Å². The highest BCUT2D eigenvalue weighted by atomic mass is 32.2. The molecule has 1 rings (SSSR count). The van der Waals surface area contributed by atoms with Crippen LogP contribution in [0, 0.1) is 5.82 Å². The Morgan fingerprint density at radius 2 is 1.88 bits per heavy atom. The van der Waals surface area contributed by atoms with E-state index in [1.165, 1.54) is 25.1 Å². The molecule has 0 heterocycles. The number of aliphatic carboxylic acids is 1. The summed E-state index contributed by atoms with van der Waals surface area (Å²) < 4.78 is 56.3. The van der Waals surface area contributed by atoms with E-state index in [0.29, 0.717) is 0 Å². The highest BCUT2D eigenvalue weighted by molar-refractivity contribution is 7.90. The van der Waals surface area contributed by atoms with Gasteiger partial charge in [-0.05, 0) is 39.8 Å². The first-order chi connectivity index (χ1) is 10.9. The minimum absolute atomic E-state index is 0.190. The number of carboxylic acids is 1. The van der Waals surface area contributed by atoms with Crippen molar-refractivity contribution in [2.45, 2.75) is 44.2 Å². The molecule has 24 heavy (non-hydrogen) atoms. The Hall–Kier alpha value is -1.51. The zero-order valence-corrected chi connectivity index (χ0v) is 14.6. The molecule has 0 aromatic heterocycles. The van der Waals surface area contributed by atoms with Crippen LogP contribution in [0.2, 0.25) is 0 Å². The Morgan fingerprint density at radius 1 is 1.33 bits per heavy atom. The molecule has 2 N–H and O–H groups in total. The van der Waals surface area contributed by atoms with Gasteiger partial charge in [0.05, 0.1) is 0 Å². The average Bonchev–Trinajstić information content (AvgIpc) is 2.46. The molecule has 0 bridgehead atoms. The number of hydrogen-bond acceptors (Lipinski definition) is 3. The lowest BCUT2D eigenvalue weighted by atomic mass is 9.87. The fourth-order valence-electron chi connectivity index (χ4n) is 1.85. The molecule has 0 aliphatic rings. The molecule has 3 atom stereocenters. The molecule has 0 saturated heterocycles. The third kappa shape index (κ3) is 4.75. The van der Waals surface area contributed by atoms with Crippen molar-refractivity contribution in [3.63, 3.8) is 0 Å². The minimum Gasteiger partial charge on any atom is -0.598 e. The van der Waals surface area contributed by atoms with Crippen LogP contribution in [0.25, 0.3) is 0 Å². The summed E-state index contributed by atoms with van der Waals surface area (Å²) in [6.07, 6.45) is -2.06. The molecule has 4 nitrogen and oxygen atoms in total. The fraction of sp³-hybridized carbons (Fsp3) is 0.438. The van der Waals surface area contributed by atoms with E-state index in [9.17, 15) is 22.5 Å². The monoisotopic (exact) mass is 363 g/mol. The standard InChI is InChI=1S/C16H20F3NO3S/c1-15(2,3)24(23)20-16(4,10-7-5-6-8-11(10)17)13(19)9-12(18)14(21)22/h5-9,13,20H,1-4H3,(H,21,22)/t13?,16?,24-/m1/s1. The predicted molar refractivity (Wildman–Crippen MR) is 86.5 cm³/mol. The third-order valence-corrected chi connectivity index (χ3v) is 5.06. The number of alkyl halides is 1. The lowest BCUT2D eigenvalue weighted by Gasteiger charge is -2.36. The van der Waals surface area contributed by atoms with E-state index in [1.54, 1.807) is 20.8 Å². The van der Waals surface area contributed by atoms with Gasteiger partial charge in [-0.25, -0.2) is 13.6 Å². The molecule has 2 unspecified atom stereocenters. The first-order valence-electron chi connectivity index (χ1n) is 7.09. The maximum Gasteiger partial charge on any atom is 0.364 e. The molecule has 0 aliphatic carbocycles. The van der Waals surface area contributed by atoms with Crippen molar-refractivity contribution in [3.05, 3.63) is 47.5 Å². The molecule has 1 aromatic carbocycles. The zero-order chi connectivity index (χ0) is 18.7. The quantitative estimate of drug-likeness (QED) is 0.600. The fourth-order valence-corrected chi connectivity index (χ4v) is 2.77. The van der Waals surface area contributed by atoms with Crippen LogP contribution in [0.1, 0.15) is 33.3 Å². The second-order valence-corrected chi connectivity index (χ2v) is 8.35. The molecule has 134 valence electrons. The molecule has 0 aliphatic heterocycles. The molecule has 0 spiro atoms. The van der Waals surface area contributed by atoms with Crippen molar-refractivity contribution in [1.29, 1.82) is 0 Å². The summed E-state index contributed by atoms with van der Waals surface area (Å²) in [6.45, 7) is 6.07. The van der Waals surface area contributed by atoms with E-state index in [2.05, 4.69) is 4.72 Å². The third-order valence-electron chi connectivity index (χ3n) is 3.34. The minimum atomic E-state index is -2.28. The molecule has 0 fully saturated rings. The highest BCUT2D eigenvalue weighted by Crippen LogP contribution is 2.33. The maximum atomic E-state index is 14.7. The lowest BCUT2D eigenvalue weighted by molar-refractivity contribution is -0.134. The average molecular weight is 363 g/mol.